The van der Waals surface area contributed by atoms with Crippen LogP contribution in [0.1, 0.15) is 46.0 Å². The van der Waals surface area contributed by atoms with E-state index in [1.807, 2.05) is 13.8 Å². The first kappa shape index (κ1) is 15.3. The molecule has 3 atom stereocenters. The summed E-state index contributed by atoms with van der Waals surface area (Å²) in [6, 6.07) is 0. The van der Waals surface area contributed by atoms with E-state index < -0.39 is 11.4 Å². The molecule has 0 spiro atoms. The molecule has 2 rings (SSSR count). The van der Waals surface area contributed by atoms with Crippen molar-refractivity contribution in [1.29, 1.82) is 0 Å². The average molecular weight is 283 g/mol. The largest absolute Gasteiger partial charge is 0.481 e. The van der Waals surface area contributed by atoms with E-state index in [1.54, 1.807) is 4.90 Å². The molecule has 114 valence electrons. The summed E-state index contributed by atoms with van der Waals surface area (Å²) in [6.45, 7) is 5.59. The lowest BCUT2D eigenvalue weighted by Crippen LogP contribution is -2.41. The number of hydrogen-bond donors (Lipinski definition) is 1. The van der Waals surface area contributed by atoms with E-state index in [0.717, 1.165) is 19.3 Å². The van der Waals surface area contributed by atoms with E-state index in [2.05, 4.69) is 0 Å². The molecule has 0 aromatic heterocycles. The summed E-state index contributed by atoms with van der Waals surface area (Å²) in [7, 11) is 0. The van der Waals surface area contributed by atoms with Crippen LogP contribution in [0.4, 0.5) is 0 Å². The zero-order valence-corrected chi connectivity index (χ0v) is 12.4. The van der Waals surface area contributed by atoms with Crippen molar-refractivity contribution < 1.29 is 19.4 Å². The third kappa shape index (κ3) is 2.68. The monoisotopic (exact) mass is 283 g/mol. The summed E-state index contributed by atoms with van der Waals surface area (Å²) in [6.07, 6.45) is 3.66. The van der Waals surface area contributed by atoms with Crippen molar-refractivity contribution in [2.75, 3.05) is 19.7 Å². The number of hydrogen-bond acceptors (Lipinski definition) is 3. The van der Waals surface area contributed by atoms with Crippen molar-refractivity contribution in [2.24, 2.45) is 11.3 Å². The van der Waals surface area contributed by atoms with Gasteiger partial charge in [-0.2, -0.15) is 0 Å². The highest BCUT2D eigenvalue weighted by Gasteiger charge is 2.47. The molecule has 3 unspecified atom stereocenters. The molecule has 0 radical (unpaired) electrons. The number of nitrogens with zero attached hydrogens (tertiary/aromatic N) is 1. The molecule has 0 bridgehead atoms. The van der Waals surface area contributed by atoms with Crippen LogP contribution < -0.4 is 0 Å². The van der Waals surface area contributed by atoms with E-state index in [9.17, 15) is 14.7 Å². The molecule has 2 fully saturated rings. The number of carboxylic acids is 1. The highest BCUT2D eigenvalue weighted by atomic mass is 16.5. The molecule has 20 heavy (non-hydrogen) atoms. The molecule has 2 aliphatic rings. The zero-order chi connectivity index (χ0) is 14.8. The van der Waals surface area contributed by atoms with Gasteiger partial charge in [0.25, 0.3) is 0 Å². The Morgan fingerprint density at radius 1 is 1.40 bits per heavy atom. The van der Waals surface area contributed by atoms with Crippen LogP contribution >= 0.6 is 0 Å². The quantitative estimate of drug-likeness (QED) is 0.837. The summed E-state index contributed by atoms with van der Waals surface area (Å²) in [5, 5.41) is 9.50. The summed E-state index contributed by atoms with van der Waals surface area (Å²) in [4.78, 5) is 25.9. The number of rotatable bonds is 5. The fraction of sp³-hybridized carbons (Fsp3) is 0.867. The SMILES string of the molecule is CCCC1(C(=O)O)CCN(C(=O)C2CCOC2CC)C1. The van der Waals surface area contributed by atoms with Crippen LogP contribution in [0.3, 0.4) is 0 Å². The summed E-state index contributed by atoms with van der Waals surface area (Å²) in [5.41, 5.74) is -0.731. The lowest BCUT2D eigenvalue weighted by Gasteiger charge is -2.26. The third-order valence-corrected chi connectivity index (χ3v) is 4.78. The Bertz CT molecular complexity index is 384. The molecule has 0 aliphatic carbocycles. The molecule has 5 nitrogen and oxygen atoms in total. The molecule has 0 saturated carbocycles. The lowest BCUT2D eigenvalue weighted by atomic mass is 9.82. The van der Waals surface area contributed by atoms with Crippen molar-refractivity contribution in [3.63, 3.8) is 0 Å². The van der Waals surface area contributed by atoms with Gasteiger partial charge in [-0.25, -0.2) is 0 Å². The van der Waals surface area contributed by atoms with Crippen LogP contribution in [0.2, 0.25) is 0 Å². The maximum absolute atomic E-state index is 12.6. The van der Waals surface area contributed by atoms with Gasteiger partial charge >= 0.3 is 5.97 Å². The number of amides is 1. The Labute approximate surface area is 120 Å². The number of likely N-dealkylation sites (tertiary alicyclic amines) is 1. The van der Waals surface area contributed by atoms with E-state index in [4.69, 9.17) is 4.74 Å². The van der Waals surface area contributed by atoms with Gasteiger partial charge in [0, 0.05) is 19.7 Å². The summed E-state index contributed by atoms with van der Waals surface area (Å²) >= 11 is 0. The van der Waals surface area contributed by atoms with Crippen molar-refractivity contribution in [1.82, 2.24) is 4.90 Å². The van der Waals surface area contributed by atoms with Gasteiger partial charge in [0.1, 0.15) is 0 Å². The molecule has 0 aromatic carbocycles. The predicted molar refractivity (Wildman–Crippen MR) is 74.3 cm³/mol. The molecule has 2 heterocycles. The Balaban J connectivity index is 2.04. The molecule has 0 aromatic rings. The first-order valence-electron chi connectivity index (χ1n) is 7.68. The molecular formula is C15H25NO4. The Morgan fingerprint density at radius 2 is 2.15 bits per heavy atom. The van der Waals surface area contributed by atoms with Gasteiger partial charge < -0.3 is 14.7 Å². The fourth-order valence-electron chi connectivity index (χ4n) is 3.59. The first-order valence-corrected chi connectivity index (χ1v) is 7.68. The predicted octanol–water partition coefficient (Wildman–Crippen LogP) is 1.90. The van der Waals surface area contributed by atoms with Gasteiger partial charge in [-0.05, 0) is 25.7 Å². The van der Waals surface area contributed by atoms with E-state index >= 15 is 0 Å². The maximum Gasteiger partial charge on any atom is 0.311 e. The lowest BCUT2D eigenvalue weighted by molar-refractivity contribution is -0.149. The van der Waals surface area contributed by atoms with Crippen LogP contribution in [0, 0.1) is 11.3 Å². The number of carboxylic acid groups (broad SMARTS) is 1. The van der Waals surface area contributed by atoms with Gasteiger partial charge in [0.05, 0.1) is 17.4 Å². The van der Waals surface area contributed by atoms with Crippen molar-refractivity contribution >= 4 is 11.9 Å². The third-order valence-electron chi connectivity index (χ3n) is 4.78. The topological polar surface area (TPSA) is 66.8 Å². The van der Waals surface area contributed by atoms with Crippen molar-refractivity contribution in [3.8, 4) is 0 Å². The molecule has 5 heteroatoms. The number of carbonyl (C=O) groups is 2. The van der Waals surface area contributed by atoms with Gasteiger partial charge in [-0.15, -0.1) is 0 Å². The Hall–Kier alpha value is -1.10. The average Bonchev–Trinajstić information content (AvgIpc) is 3.05. The van der Waals surface area contributed by atoms with Crippen LogP contribution in [0.5, 0.6) is 0 Å². The van der Waals surface area contributed by atoms with Crippen LogP contribution in [0.25, 0.3) is 0 Å². The van der Waals surface area contributed by atoms with Crippen molar-refractivity contribution in [3.05, 3.63) is 0 Å². The second-order valence-electron chi connectivity index (χ2n) is 6.06. The maximum atomic E-state index is 12.6. The standard InChI is InChI=1S/C15H25NO4/c1-3-6-15(14(18)19)7-8-16(10-15)13(17)11-5-9-20-12(11)4-2/h11-12H,3-10H2,1-2H3,(H,18,19). The van der Waals surface area contributed by atoms with E-state index in [1.165, 1.54) is 0 Å². The van der Waals surface area contributed by atoms with E-state index in [-0.39, 0.29) is 17.9 Å². The Kier molecular flexibility index (Phi) is 4.68. The van der Waals surface area contributed by atoms with Crippen LogP contribution in [0.15, 0.2) is 0 Å². The minimum atomic E-state index is -0.760. The Morgan fingerprint density at radius 3 is 2.75 bits per heavy atom. The molecule has 2 saturated heterocycles. The minimum Gasteiger partial charge on any atom is -0.481 e. The summed E-state index contributed by atoms with van der Waals surface area (Å²) < 4.78 is 5.58. The number of ether oxygens (including phenoxy) is 1. The first-order chi connectivity index (χ1) is 9.54. The fourth-order valence-corrected chi connectivity index (χ4v) is 3.59. The molecular weight excluding hydrogens is 258 g/mol. The molecule has 2 aliphatic heterocycles. The number of aliphatic carboxylic acids is 1. The van der Waals surface area contributed by atoms with Gasteiger partial charge in [-0.3, -0.25) is 9.59 Å². The van der Waals surface area contributed by atoms with Crippen molar-refractivity contribution in [2.45, 2.75) is 52.1 Å². The zero-order valence-electron chi connectivity index (χ0n) is 12.4. The van der Waals surface area contributed by atoms with Crippen LogP contribution in [-0.2, 0) is 14.3 Å². The van der Waals surface area contributed by atoms with Gasteiger partial charge in [-0.1, -0.05) is 20.3 Å². The van der Waals surface area contributed by atoms with Gasteiger partial charge in [0.2, 0.25) is 5.91 Å². The highest BCUT2D eigenvalue weighted by Crippen LogP contribution is 2.37. The van der Waals surface area contributed by atoms with Gasteiger partial charge in [0.15, 0.2) is 0 Å². The smallest absolute Gasteiger partial charge is 0.311 e. The highest BCUT2D eigenvalue weighted by molar-refractivity contribution is 5.82. The molecule has 1 amide bonds. The van der Waals surface area contributed by atoms with E-state index in [0.29, 0.717) is 32.5 Å². The van der Waals surface area contributed by atoms with Crippen LogP contribution in [-0.4, -0.2) is 47.7 Å². The second-order valence-corrected chi connectivity index (χ2v) is 6.06. The second kappa shape index (κ2) is 6.12. The minimum absolute atomic E-state index is 0.00787. The number of carbonyl (C=O) groups excluding carboxylic acids is 1. The summed E-state index contributed by atoms with van der Waals surface area (Å²) in [5.74, 6) is -0.746. The normalized spacial score (nSPS) is 33.6. The molecule has 1 N–H and O–H groups in total.